The first-order valence-electron chi connectivity index (χ1n) is 10.8. The molecule has 0 fully saturated rings. The fourth-order valence-corrected chi connectivity index (χ4v) is 3.71. The lowest BCUT2D eigenvalue weighted by Gasteiger charge is -2.19. The zero-order valence-corrected chi connectivity index (χ0v) is 19.0. The summed E-state index contributed by atoms with van der Waals surface area (Å²) in [6.07, 6.45) is 0.238. The van der Waals surface area contributed by atoms with Gasteiger partial charge < -0.3 is 20.5 Å². The minimum Gasteiger partial charge on any atom is -0.485 e. The Labute approximate surface area is 203 Å². The van der Waals surface area contributed by atoms with E-state index in [0.29, 0.717) is 22.7 Å². The Bertz CT molecular complexity index is 1440. The molecule has 2 aromatic carbocycles. The van der Waals surface area contributed by atoms with Crippen LogP contribution in [0.5, 0.6) is 5.75 Å². The minimum atomic E-state index is -1.35. The number of fused-ring (bicyclic) bond motifs is 1. The van der Waals surface area contributed by atoms with Crippen LogP contribution in [-0.2, 0) is 6.61 Å². The van der Waals surface area contributed by atoms with Gasteiger partial charge in [-0.05, 0) is 42.8 Å². The zero-order valence-electron chi connectivity index (χ0n) is 19.0. The number of ether oxygens (including phenoxy) is 1. The standard InChI is InChI=1S/C25H21F3N4O4/c1-14-22(24(33)31-20(12-29-25(34)35)15-8-9-18(27)19(28)11-15)32-10-4-7-21(23(32)30-14)36-13-16-5-2-3-6-17(16)26/h2-11,20,29H,12-13H2,1H3,(H,31,33)(H,34,35). The molecule has 3 N–H and O–H groups in total. The van der Waals surface area contributed by atoms with Gasteiger partial charge >= 0.3 is 6.09 Å². The third kappa shape index (κ3) is 5.24. The molecule has 2 heterocycles. The van der Waals surface area contributed by atoms with Crippen LogP contribution < -0.4 is 15.4 Å². The number of aromatic nitrogens is 2. The summed E-state index contributed by atoms with van der Waals surface area (Å²) in [6.45, 7) is 1.25. The average Bonchev–Trinajstić information content (AvgIpc) is 3.19. The van der Waals surface area contributed by atoms with Gasteiger partial charge in [-0.1, -0.05) is 24.3 Å². The summed E-state index contributed by atoms with van der Waals surface area (Å²) in [5.74, 6) is -2.94. The lowest BCUT2D eigenvalue weighted by atomic mass is 10.1. The van der Waals surface area contributed by atoms with E-state index in [1.165, 1.54) is 16.5 Å². The number of rotatable bonds is 8. The van der Waals surface area contributed by atoms with E-state index in [9.17, 15) is 22.8 Å². The van der Waals surface area contributed by atoms with Gasteiger partial charge in [-0.25, -0.2) is 22.9 Å². The van der Waals surface area contributed by atoms with Crippen molar-refractivity contribution in [2.45, 2.75) is 19.6 Å². The predicted octanol–water partition coefficient (Wildman–Crippen LogP) is 4.38. The number of pyridine rings is 1. The van der Waals surface area contributed by atoms with Crippen LogP contribution in [-0.4, -0.2) is 33.0 Å². The van der Waals surface area contributed by atoms with Crippen molar-refractivity contribution in [3.8, 4) is 5.75 Å². The van der Waals surface area contributed by atoms with Crippen molar-refractivity contribution in [1.29, 1.82) is 0 Å². The second-order valence-corrected chi connectivity index (χ2v) is 7.88. The Kier molecular flexibility index (Phi) is 7.09. The quantitative estimate of drug-likeness (QED) is 0.335. The van der Waals surface area contributed by atoms with Crippen LogP contribution in [0.4, 0.5) is 18.0 Å². The summed E-state index contributed by atoms with van der Waals surface area (Å²) >= 11 is 0. The molecule has 1 atom stereocenters. The van der Waals surface area contributed by atoms with E-state index in [-0.39, 0.29) is 24.4 Å². The van der Waals surface area contributed by atoms with E-state index in [1.54, 1.807) is 43.5 Å². The van der Waals surface area contributed by atoms with E-state index in [0.717, 1.165) is 12.1 Å². The molecule has 36 heavy (non-hydrogen) atoms. The van der Waals surface area contributed by atoms with Crippen molar-refractivity contribution in [2.24, 2.45) is 0 Å². The maximum atomic E-state index is 14.0. The largest absolute Gasteiger partial charge is 0.485 e. The number of aryl methyl sites for hydroxylation is 1. The Morgan fingerprint density at radius 2 is 1.83 bits per heavy atom. The van der Waals surface area contributed by atoms with Crippen LogP contribution in [0.2, 0.25) is 0 Å². The Hall–Kier alpha value is -4.54. The number of benzene rings is 2. The van der Waals surface area contributed by atoms with Crippen molar-refractivity contribution < 1.29 is 32.6 Å². The molecule has 0 bridgehead atoms. The molecule has 0 saturated heterocycles. The third-order valence-electron chi connectivity index (χ3n) is 5.45. The molecule has 2 amide bonds. The molecule has 4 aromatic rings. The molecule has 0 saturated carbocycles. The van der Waals surface area contributed by atoms with Gasteiger partial charge in [0.15, 0.2) is 23.0 Å². The lowest BCUT2D eigenvalue weighted by Crippen LogP contribution is -2.38. The molecule has 0 aliphatic rings. The van der Waals surface area contributed by atoms with Crippen LogP contribution >= 0.6 is 0 Å². The number of hydrogen-bond donors (Lipinski definition) is 3. The van der Waals surface area contributed by atoms with Crippen molar-refractivity contribution in [3.63, 3.8) is 0 Å². The topological polar surface area (TPSA) is 105 Å². The van der Waals surface area contributed by atoms with Gasteiger partial charge in [0.2, 0.25) is 0 Å². The van der Waals surface area contributed by atoms with Crippen molar-refractivity contribution in [2.75, 3.05) is 6.54 Å². The molecule has 0 aliphatic heterocycles. The van der Waals surface area contributed by atoms with Gasteiger partial charge in [-0.15, -0.1) is 0 Å². The van der Waals surface area contributed by atoms with Crippen LogP contribution in [0.1, 0.15) is 33.4 Å². The molecule has 2 aromatic heterocycles. The van der Waals surface area contributed by atoms with E-state index in [4.69, 9.17) is 9.84 Å². The van der Waals surface area contributed by atoms with Crippen molar-refractivity contribution in [3.05, 3.63) is 101 Å². The maximum Gasteiger partial charge on any atom is 0.404 e. The van der Waals surface area contributed by atoms with E-state index in [1.807, 2.05) is 0 Å². The number of amides is 2. The Morgan fingerprint density at radius 1 is 1.06 bits per heavy atom. The third-order valence-corrected chi connectivity index (χ3v) is 5.45. The van der Waals surface area contributed by atoms with Crippen LogP contribution in [0.3, 0.4) is 0 Å². The summed E-state index contributed by atoms with van der Waals surface area (Å²) in [7, 11) is 0. The average molecular weight is 498 g/mol. The minimum absolute atomic E-state index is 0.0567. The fraction of sp³-hybridized carbons (Fsp3) is 0.160. The van der Waals surface area contributed by atoms with E-state index >= 15 is 0 Å². The summed E-state index contributed by atoms with van der Waals surface area (Å²) in [4.78, 5) is 28.7. The summed E-state index contributed by atoms with van der Waals surface area (Å²) in [6, 6.07) is 11.5. The monoisotopic (exact) mass is 498 g/mol. The van der Waals surface area contributed by atoms with E-state index < -0.39 is 35.5 Å². The Morgan fingerprint density at radius 3 is 2.56 bits per heavy atom. The highest BCUT2D eigenvalue weighted by Gasteiger charge is 2.23. The fourth-order valence-electron chi connectivity index (χ4n) is 3.71. The number of nitrogens with one attached hydrogen (secondary N) is 2. The number of hydrogen-bond acceptors (Lipinski definition) is 4. The maximum absolute atomic E-state index is 14.0. The molecule has 0 spiro atoms. The summed E-state index contributed by atoms with van der Waals surface area (Å²) in [5, 5.41) is 13.8. The molecule has 186 valence electrons. The van der Waals surface area contributed by atoms with Gasteiger partial charge in [0.05, 0.1) is 11.7 Å². The highest BCUT2D eigenvalue weighted by Crippen LogP contribution is 2.24. The number of carbonyl (C=O) groups is 2. The van der Waals surface area contributed by atoms with Gasteiger partial charge in [0.1, 0.15) is 18.1 Å². The van der Waals surface area contributed by atoms with Gasteiger partial charge in [0.25, 0.3) is 5.91 Å². The first-order valence-corrected chi connectivity index (χ1v) is 10.8. The van der Waals surface area contributed by atoms with Crippen LogP contribution in [0.15, 0.2) is 60.8 Å². The highest BCUT2D eigenvalue weighted by atomic mass is 19.2. The van der Waals surface area contributed by atoms with Crippen LogP contribution in [0.25, 0.3) is 5.65 Å². The van der Waals surface area contributed by atoms with Crippen molar-refractivity contribution >= 4 is 17.6 Å². The lowest BCUT2D eigenvalue weighted by molar-refractivity contribution is 0.0928. The SMILES string of the molecule is Cc1nc2c(OCc3ccccc3F)cccn2c1C(=O)NC(CNC(=O)O)c1ccc(F)c(F)c1. The molecule has 1 unspecified atom stereocenters. The zero-order chi connectivity index (χ0) is 25.8. The second kappa shape index (κ2) is 10.4. The molecule has 8 nitrogen and oxygen atoms in total. The predicted molar refractivity (Wildman–Crippen MR) is 123 cm³/mol. The second-order valence-electron chi connectivity index (χ2n) is 7.88. The van der Waals surface area contributed by atoms with Gasteiger partial charge in [-0.3, -0.25) is 9.20 Å². The molecular weight excluding hydrogens is 477 g/mol. The number of carbonyl (C=O) groups excluding carboxylic acids is 1. The number of nitrogens with zero attached hydrogens (tertiary/aromatic N) is 2. The number of halogens is 3. The van der Waals surface area contributed by atoms with Gasteiger partial charge in [-0.2, -0.15) is 0 Å². The van der Waals surface area contributed by atoms with Crippen LogP contribution in [0, 0.1) is 24.4 Å². The van der Waals surface area contributed by atoms with E-state index in [2.05, 4.69) is 15.6 Å². The normalized spacial score (nSPS) is 11.8. The van der Waals surface area contributed by atoms with Crippen molar-refractivity contribution in [1.82, 2.24) is 20.0 Å². The summed E-state index contributed by atoms with van der Waals surface area (Å²) < 4.78 is 48.4. The summed E-state index contributed by atoms with van der Waals surface area (Å²) in [5.41, 5.74) is 1.29. The number of carboxylic acid groups (broad SMARTS) is 1. The molecule has 11 heteroatoms. The Balaban J connectivity index is 1.62. The molecule has 4 rings (SSSR count). The highest BCUT2D eigenvalue weighted by molar-refractivity contribution is 5.95. The molecular formula is C25H21F3N4O4. The molecule has 0 aliphatic carbocycles. The smallest absolute Gasteiger partial charge is 0.404 e. The first-order chi connectivity index (χ1) is 17.2. The first kappa shape index (κ1) is 24.6. The molecule has 0 radical (unpaired) electrons. The van der Waals surface area contributed by atoms with Gasteiger partial charge in [0, 0.05) is 18.3 Å². The number of imidazole rings is 1.